The summed E-state index contributed by atoms with van der Waals surface area (Å²) in [5.74, 6) is 1.33. The van der Waals surface area contributed by atoms with E-state index >= 15 is 0 Å². The molecule has 1 fully saturated rings. The van der Waals surface area contributed by atoms with Crippen LogP contribution in [0.2, 0.25) is 18.1 Å². The first-order valence-corrected chi connectivity index (χ1v) is 19.5. The summed E-state index contributed by atoms with van der Waals surface area (Å²) < 4.78 is 32.6. The van der Waals surface area contributed by atoms with E-state index in [9.17, 15) is 14.7 Å². The van der Waals surface area contributed by atoms with E-state index in [0.717, 1.165) is 21.3 Å². The molecule has 0 bridgehead atoms. The van der Waals surface area contributed by atoms with Gasteiger partial charge < -0.3 is 33.5 Å². The molecule has 0 amide bonds. The normalized spacial score (nSPS) is 21.4. The Labute approximate surface area is 292 Å². The molecule has 0 aliphatic carbocycles. The molecule has 4 atom stereocenters. The second-order valence-electron chi connectivity index (χ2n) is 13.8. The van der Waals surface area contributed by atoms with Crippen molar-refractivity contribution in [3.05, 3.63) is 129 Å². The molecule has 12 heteroatoms. The van der Waals surface area contributed by atoms with E-state index < -0.39 is 55.1 Å². The molecule has 4 aromatic rings. The number of aliphatic hydroxyl groups is 1. The minimum atomic E-state index is -2.59. The molecule has 262 valence electrons. The fourth-order valence-corrected chi connectivity index (χ4v) is 7.82. The highest BCUT2D eigenvalue weighted by Gasteiger charge is 2.60. The van der Waals surface area contributed by atoms with Gasteiger partial charge in [-0.1, -0.05) is 75.4 Å². The number of rotatable bonds is 12. The Bertz CT molecular complexity index is 1750. The summed E-state index contributed by atoms with van der Waals surface area (Å²) in [7, 11) is 0.613. The van der Waals surface area contributed by atoms with Crippen LogP contribution in [0, 0.1) is 0 Å². The Kier molecular flexibility index (Phi) is 10.6. The van der Waals surface area contributed by atoms with Crippen LogP contribution < -0.4 is 20.7 Å². The summed E-state index contributed by atoms with van der Waals surface area (Å²) in [5, 5.41) is 10.0. The van der Waals surface area contributed by atoms with E-state index in [0.29, 0.717) is 11.5 Å². The Hall–Kier alpha value is -3.71. The second-order valence-corrected chi connectivity index (χ2v) is 19.0. The molecular formula is C37H45ClN2O8Si. The Balaban J connectivity index is 1.70. The largest absolute Gasteiger partial charge is 0.497 e. The summed E-state index contributed by atoms with van der Waals surface area (Å²) in [5.41, 5.74) is -1.82. The molecular weight excluding hydrogens is 664 g/mol. The monoisotopic (exact) mass is 708 g/mol. The van der Waals surface area contributed by atoms with Gasteiger partial charge in [0.05, 0.1) is 33.5 Å². The number of nitrogens with zero attached hydrogens (tertiary/aromatic N) is 1. The zero-order valence-electron chi connectivity index (χ0n) is 28.9. The Morgan fingerprint density at radius 3 is 1.88 bits per heavy atom. The van der Waals surface area contributed by atoms with Gasteiger partial charge in [0, 0.05) is 12.3 Å². The second kappa shape index (κ2) is 14.3. The molecule has 0 saturated carbocycles. The molecule has 49 heavy (non-hydrogen) atoms. The van der Waals surface area contributed by atoms with Gasteiger partial charge in [0.2, 0.25) is 0 Å². The molecule has 1 aliphatic heterocycles. The van der Waals surface area contributed by atoms with Gasteiger partial charge >= 0.3 is 5.69 Å². The zero-order valence-corrected chi connectivity index (χ0v) is 30.7. The van der Waals surface area contributed by atoms with Crippen LogP contribution in [0.5, 0.6) is 11.5 Å². The average molecular weight is 709 g/mol. The number of hydrogen-bond donors (Lipinski definition) is 2. The number of methoxy groups -OCH3 is 2. The van der Waals surface area contributed by atoms with Gasteiger partial charge in [-0.15, -0.1) is 11.6 Å². The molecule has 3 aromatic carbocycles. The molecule has 0 spiro atoms. The number of benzene rings is 3. The quantitative estimate of drug-likeness (QED) is 0.107. The molecule has 0 radical (unpaired) electrons. The van der Waals surface area contributed by atoms with Crippen molar-refractivity contribution in [3.63, 3.8) is 0 Å². The number of halogens is 1. The predicted octanol–water partition coefficient (Wildman–Crippen LogP) is 5.82. The van der Waals surface area contributed by atoms with E-state index in [2.05, 4.69) is 38.8 Å². The highest BCUT2D eigenvalue weighted by atomic mass is 35.5. The smallest absolute Gasteiger partial charge is 0.330 e. The number of hydrogen-bond acceptors (Lipinski definition) is 8. The van der Waals surface area contributed by atoms with Gasteiger partial charge in [0.15, 0.2) is 14.5 Å². The van der Waals surface area contributed by atoms with Crippen LogP contribution in [0.15, 0.2) is 101 Å². The molecule has 1 aromatic heterocycles. The number of alkyl halides is 1. The van der Waals surface area contributed by atoms with Crippen molar-refractivity contribution in [2.24, 2.45) is 0 Å². The van der Waals surface area contributed by atoms with E-state index in [1.54, 1.807) is 14.2 Å². The van der Waals surface area contributed by atoms with Crippen LogP contribution in [-0.4, -0.2) is 67.5 Å². The standard InChI is InChI=1S/C37H45ClN2O8Si/c1-35(2,3)49(6,7)48-32-31(38)33(40-30(42)21-22-39-34(40)43)47-36(32,23-41)24-46-37(25-11-9-8-10-12-25,26-13-17-28(44-4)18-14-26)27-15-19-29(45-5)20-16-27/h8-22,31-33,41H,23-24H2,1-7H3,(H,39,43)/t31-,32+,33-,36+/m1/s1. The first kappa shape index (κ1) is 36.6. The van der Waals surface area contributed by atoms with E-state index in [1.165, 1.54) is 12.3 Å². The highest BCUT2D eigenvalue weighted by Crippen LogP contribution is 2.49. The van der Waals surface area contributed by atoms with Crippen molar-refractivity contribution in [3.8, 4) is 11.5 Å². The van der Waals surface area contributed by atoms with E-state index in [1.807, 2.05) is 78.9 Å². The summed E-state index contributed by atoms with van der Waals surface area (Å²) in [4.78, 5) is 28.6. The van der Waals surface area contributed by atoms with Crippen LogP contribution in [0.4, 0.5) is 0 Å². The van der Waals surface area contributed by atoms with Crippen molar-refractivity contribution in [2.45, 2.75) is 67.8 Å². The maximum absolute atomic E-state index is 13.1. The maximum Gasteiger partial charge on any atom is 0.330 e. The molecule has 2 heterocycles. The van der Waals surface area contributed by atoms with Crippen LogP contribution in [0.1, 0.15) is 43.7 Å². The molecule has 1 aliphatic rings. The summed E-state index contributed by atoms with van der Waals surface area (Å²) in [6, 6.07) is 26.1. The molecule has 1 saturated heterocycles. The highest BCUT2D eigenvalue weighted by molar-refractivity contribution is 6.74. The number of nitrogens with one attached hydrogen (secondary N) is 1. The maximum atomic E-state index is 13.1. The fraction of sp³-hybridized carbons (Fsp3) is 0.405. The van der Waals surface area contributed by atoms with Gasteiger partial charge in [-0.05, 0) is 59.1 Å². The van der Waals surface area contributed by atoms with Crippen LogP contribution in [-0.2, 0) is 19.5 Å². The van der Waals surface area contributed by atoms with Gasteiger partial charge in [-0.3, -0.25) is 4.79 Å². The summed E-state index contributed by atoms with van der Waals surface area (Å²) in [6.07, 6.45) is -0.974. The van der Waals surface area contributed by atoms with Gasteiger partial charge in [-0.25, -0.2) is 9.36 Å². The topological polar surface area (TPSA) is 121 Å². The van der Waals surface area contributed by atoms with E-state index in [-0.39, 0.29) is 11.6 Å². The average Bonchev–Trinajstić information content (AvgIpc) is 3.35. The summed E-state index contributed by atoms with van der Waals surface area (Å²) in [6.45, 7) is 9.58. The lowest BCUT2D eigenvalue weighted by atomic mass is 9.79. The van der Waals surface area contributed by atoms with Gasteiger partial charge in [0.25, 0.3) is 5.56 Å². The van der Waals surface area contributed by atoms with Crippen molar-refractivity contribution >= 4 is 19.9 Å². The number of H-pyrrole nitrogens is 1. The third kappa shape index (κ3) is 6.88. The number of aliphatic hydroxyl groups excluding tert-OH is 1. The lowest BCUT2D eigenvalue weighted by Crippen LogP contribution is -2.57. The third-order valence-electron chi connectivity index (χ3n) is 9.78. The molecule has 5 rings (SSSR count). The van der Waals surface area contributed by atoms with Crippen molar-refractivity contribution in [2.75, 3.05) is 27.4 Å². The Morgan fingerprint density at radius 1 is 0.878 bits per heavy atom. The lowest BCUT2D eigenvalue weighted by molar-refractivity contribution is -0.176. The minimum absolute atomic E-state index is 0.241. The van der Waals surface area contributed by atoms with Crippen LogP contribution in [0.3, 0.4) is 0 Å². The van der Waals surface area contributed by atoms with Crippen LogP contribution >= 0.6 is 11.6 Å². The lowest BCUT2D eigenvalue weighted by Gasteiger charge is -2.44. The van der Waals surface area contributed by atoms with Crippen molar-refractivity contribution in [1.29, 1.82) is 0 Å². The number of aromatic amines is 1. The fourth-order valence-electron chi connectivity index (χ4n) is 5.94. The van der Waals surface area contributed by atoms with Gasteiger partial charge in [0.1, 0.15) is 28.1 Å². The van der Waals surface area contributed by atoms with Gasteiger partial charge in [-0.2, -0.15) is 0 Å². The summed E-state index contributed by atoms with van der Waals surface area (Å²) >= 11 is 7.17. The SMILES string of the molecule is COc1ccc(C(OC[C@]2(CO)O[C@@H](n3c(=O)cc[nH]c3=O)[C@H](Cl)[C@@H]2O[Si](C)(C)C(C)(C)C)(c2ccccc2)c2ccc(OC)cc2)cc1. The predicted molar refractivity (Wildman–Crippen MR) is 191 cm³/mol. The minimum Gasteiger partial charge on any atom is -0.497 e. The van der Waals surface area contributed by atoms with Crippen LogP contribution in [0.25, 0.3) is 0 Å². The first-order chi connectivity index (χ1) is 23.2. The Morgan fingerprint density at radius 2 is 1.41 bits per heavy atom. The third-order valence-corrected chi connectivity index (χ3v) is 14.7. The van der Waals surface area contributed by atoms with E-state index in [4.69, 9.17) is 35.0 Å². The first-order valence-electron chi connectivity index (χ1n) is 16.1. The molecule has 10 nitrogen and oxygen atoms in total. The zero-order chi connectivity index (χ0) is 35.6. The number of aromatic nitrogens is 2. The van der Waals surface area contributed by atoms with Crippen molar-refractivity contribution in [1.82, 2.24) is 9.55 Å². The molecule has 0 unspecified atom stereocenters. The number of ether oxygens (including phenoxy) is 4. The molecule has 2 N–H and O–H groups in total. The van der Waals surface area contributed by atoms with Crippen molar-refractivity contribution < 1.29 is 28.5 Å².